The first-order chi connectivity index (χ1) is 8.18. The Kier molecular flexibility index (Phi) is 3.32. The van der Waals surface area contributed by atoms with E-state index in [9.17, 15) is 13.2 Å². The van der Waals surface area contributed by atoms with Gasteiger partial charge in [0.2, 0.25) is 0 Å². The highest BCUT2D eigenvalue weighted by Crippen LogP contribution is 2.32. The Morgan fingerprint density at radius 1 is 1.00 bits per heavy atom. The molecule has 2 rings (SSSR count). The van der Waals surface area contributed by atoms with Crippen LogP contribution in [0, 0.1) is 11.9 Å². The molecule has 0 spiro atoms. The topological polar surface area (TPSA) is 9.23 Å². The minimum absolute atomic E-state index is 0.0546. The normalized spacial score (nSPS) is 10.6. The molecule has 4 heteroatoms. The lowest BCUT2D eigenvalue weighted by molar-refractivity contribution is -0.0494. The van der Waals surface area contributed by atoms with E-state index in [4.69, 9.17) is 0 Å². The first-order valence-corrected chi connectivity index (χ1v) is 4.89. The number of hydrogen-bond acceptors (Lipinski definition) is 1. The van der Waals surface area contributed by atoms with Crippen molar-refractivity contribution < 1.29 is 17.9 Å². The van der Waals surface area contributed by atoms with Crippen LogP contribution in [0.5, 0.6) is 5.75 Å². The van der Waals surface area contributed by atoms with Crippen molar-refractivity contribution in [3.8, 4) is 16.9 Å². The van der Waals surface area contributed by atoms with Crippen LogP contribution in [-0.4, -0.2) is 6.61 Å². The molecular formula is C13H8F3O. The van der Waals surface area contributed by atoms with Gasteiger partial charge in [0.15, 0.2) is 0 Å². The second-order valence-corrected chi connectivity index (χ2v) is 3.27. The van der Waals surface area contributed by atoms with Crippen LogP contribution in [0.1, 0.15) is 0 Å². The van der Waals surface area contributed by atoms with E-state index in [0.29, 0.717) is 0 Å². The molecule has 0 aliphatic heterocycles. The van der Waals surface area contributed by atoms with Gasteiger partial charge in [0.05, 0.1) is 0 Å². The Bertz CT molecular complexity index is 512. The molecule has 0 N–H and O–H groups in total. The van der Waals surface area contributed by atoms with Gasteiger partial charge in [0.1, 0.15) is 11.6 Å². The number of rotatable bonds is 3. The van der Waals surface area contributed by atoms with Crippen molar-refractivity contribution in [1.29, 1.82) is 0 Å². The van der Waals surface area contributed by atoms with E-state index in [-0.39, 0.29) is 16.9 Å². The molecule has 0 heterocycles. The van der Waals surface area contributed by atoms with Gasteiger partial charge in [0.25, 0.3) is 0 Å². The predicted molar refractivity (Wildman–Crippen MR) is 57.3 cm³/mol. The van der Waals surface area contributed by atoms with E-state index < -0.39 is 12.4 Å². The Hall–Kier alpha value is -1.97. The van der Waals surface area contributed by atoms with E-state index in [0.717, 1.165) is 0 Å². The van der Waals surface area contributed by atoms with Gasteiger partial charge in [0, 0.05) is 17.2 Å². The zero-order chi connectivity index (χ0) is 12.3. The lowest BCUT2D eigenvalue weighted by Gasteiger charge is -2.10. The summed E-state index contributed by atoms with van der Waals surface area (Å²) in [7, 11) is 0. The average molecular weight is 237 g/mol. The van der Waals surface area contributed by atoms with Crippen molar-refractivity contribution in [3.05, 3.63) is 54.3 Å². The van der Waals surface area contributed by atoms with Gasteiger partial charge in [-0.05, 0) is 6.07 Å². The number of benzene rings is 2. The molecule has 0 bridgehead atoms. The molecule has 0 saturated carbocycles. The van der Waals surface area contributed by atoms with Crippen molar-refractivity contribution in [1.82, 2.24) is 0 Å². The lowest BCUT2D eigenvalue weighted by atomic mass is 10.0. The van der Waals surface area contributed by atoms with Crippen LogP contribution in [0.3, 0.4) is 0 Å². The maximum Gasteiger partial charge on any atom is 0.387 e. The third kappa shape index (κ3) is 2.58. The first-order valence-electron chi connectivity index (χ1n) is 4.89. The number of ether oxygens (including phenoxy) is 1. The van der Waals surface area contributed by atoms with E-state index in [1.165, 1.54) is 24.3 Å². The van der Waals surface area contributed by atoms with Crippen molar-refractivity contribution in [2.45, 2.75) is 6.61 Å². The molecule has 1 radical (unpaired) electrons. The van der Waals surface area contributed by atoms with Gasteiger partial charge >= 0.3 is 6.61 Å². The summed E-state index contributed by atoms with van der Waals surface area (Å²) in [5.74, 6) is -0.654. The molecule has 0 aliphatic rings. The predicted octanol–water partition coefficient (Wildman–Crippen LogP) is 3.89. The Balaban J connectivity index is 2.48. The second-order valence-electron chi connectivity index (χ2n) is 3.27. The molecule has 0 saturated heterocycles. The number of para-hydroxylation sites is 1. The molecule has 17 heavy (non-hydrogen) atoms. The van der Waals surface area contributed by atoms with Gasteiger partial charge in [-0.25, -0.2) is 4.39 Å². The molecular weight excluding hydrogens is 229 g/mol. The molecule has 0 atom stereocenters. The Labute approximate surface area is 96.5 Å². The largest absolute Gasteiger partial charge is 0.434 e. The van der Waals surface area contributed by atoms with E-state index in [2.05, 4.69) is 10.8 Å². The first kappa shape index (κ1) is 11.5. The summed E-state index contributed by atoms with van der Waals surface area (Å²) in [5, 5.41) is 0. The molecule has 87 valence electrons. The summed E-state index contributed by atoms with van der Waals surface area (Å²) < 4.78 is 42.2. The number of halogens is 3. The van der Waals surface area contributed by atoms with Crippen molar-refractivity contribution in [3.63, 3.8) is 0 Å². The molecule has 0 aliphatic carbocycles. The fraction of sp³-hybridized carbons (Fsp3) is 0.0769. The molecule has 1 nitrogen and oxygen atoms in total. The number of alkyl halides is 2. The average Bonchev–Trinajstić information content (AvgIpc) is 2.30. The smallest absolute Gasteiger partial charge is 0.387 e. The minimum atomic E-state index is -2.94. The quantitative estimate of drug-likeness (QED) is 0.786. The third-order valence-electron chi connectivity index (χ3n) is 2.20. The lowest BCUT2D eigenvalue weighted by Crippen LogP contribution is -2.03. The van der Waals surface area contributed by atoms with Gasteiger partial charge in [-0.3, -0.25) is 0 Å². The summed E-state index contributed by atoms with van der Waals surface area (Å²) >= 11 is 0. The molecule has 0 fully saturated rings. The standard InChI is InChI=1S/C13H8F3O/c14-11-7-3-1-5-9(11)10-6-2-4-8-12(10)17-13(15)16/h1-6,8,13H. The van der Waals surface area contributed by atoms with Crippen LogP contribution in [0.25, 0.3) is 11.1 Å². The van der Waals surface area contributed by atoms with Crippen LogP contribution >= 0.6 is 0 Å². The van der Waals surface area contributed by atoms with Gasteiger partial charge < -0.3 is 4.74 Å². The summed E-state index contributed by atoms with van der Waals surface area (Å²) in [4.78, 5) is 0. The highest BCUT2D eigenvalue weighted by atomic mass is 19.3. The second kappa shape index (κ2) is 4.91. The highest BCUT2D eigenvalue weighted by Gasteiger charge is 2.13. The van der Waals surface area contributed by atoms with Crippen molar-refractivity contribution in [2.24, 2.45) is 0 Å². The monoisotopic (exact) mass is 237 g/mol. The number of hydrogen-bond donors (Lipinski definition) is 0. The molecule has 0 amide bonds. The fourth-order valence-electron chi connectivity index (χ4n) is 1.51. The summed E-state index contributed by atoms with van der Waals surface area (Å²) in [6.07, 6.45) is 0. The summed E-state index contributed by atoms with van der Waals surface area (Å²) in [6.45, 7) is -2.94. The summed E-state index contributed by atoms with van der Waals surface area (Å²) in [6, 6.07) is 12.9. The minimum Gasteiger partial charge on any atom is -0.434 e. The van der Waals surface area contributed by atoms with Gasteiger partial charge in [-0.15, -0.1) is 0 Å². The zero-order valence-corrected chi connectivity index (χ0v) is 8.66. The van der Waals surface area contributed by atoms with Crippen LogP contribution in [0.15, 0.2) is 42.5 Å². The van der Waals surface area contributed by atoms with Crippen LogP contribution in [0.4, 0.5) is 13.2 Å². The maximum absolute atomic E-state index is 13.5. The fourth-order valence-corrected chi connectivity index (χ4v) is 1.51. The van der Waals surface area contributed by atoms with E-state index in [1.807, 2.05) is 0 Å². The van der Waals surface area contributed by atoms with Crippen LogP contribution < -0.4 is 4.74 Å². The highest BCUT2D eigenvalue weighted by molar-refractivity contribution is 5.70. The van der Waals surface area contributed by atoms with Crippen molar-refractivity contribution in [2.75, 3.05) is 0 Å². The van der Waals surface area contributed by atoms with E-state index in [1.54, 1.807) is 18.2 Å². The molecule has 2 aromatic rings. The maximum atomic E-state index is 13.5. The van der Waals surface area contributed by atoms with Crippen LogP contribution in [0.2, 0.25) is 0 Å². The van der Waals surface area contributed by atoms with Crippen LogP contribution in [-0.2, 0) is 0 Å². The Morgan fingerprint density at radius 2 is 1.71 bits per heavy atom. The SMILES string of the molecule is Fc1[c]cccc1-c1ccccc1OC(F)F. The summed E-state index contributed by atoms with van der Waals surface area (Å²) in [5.41, 5.74) is 0.464. The zero-order valence-electron chi connectivity index (χ0n) is 8.66. The third-order valence-corrected chi connectivity index (χ3v) is 2.20. The molecule has 0 unspecified atom stereocenters. The Morgan fingerprint density at radius 3 is 2.41 bits per heavy atom. The van der Waals surface area contributed by atoms with E-state index >= 15 is 0 Å². The van der Waals surface area contributed by atoms with Gasteiger partial charge in [-0.2, -0.15) is 8.78 Å². The van der Waals surface area contributed by atoms with Gasteiger partial charge in [-0.1, -0.05) is 36.4 Å². The molecule has 0 aromatic heterocycles. The van der Waals surface area contributed by atoms with Crippen molar-refractivity contribution >= 4 is 0 Å². The molecule has 2 aromatic carbocycles.